The average molecular weight is 452 g/mol. The van der Waals surface area contributed by atoms with E-state index in [0.29, 0.717) is 37.1 Å². The van der Waals surface area contributed by atoms with Crippen molar-refractivity contribution in [3.8, 4) is 0 Å². The van der Waals surface area contributed by atoms with Gasteiger partial charge in [-0.25, -0.2) is 13.1 Å². The van der Waals surface area contributed by atoms with Gasteiger partial charge >= 0.3 is 0 Å². The van der Waals surface area contributed by atoms with Crippen LogP contribution in [0.25, 0.3) is 0 Å². The molecule has 1 fully saturated rings. The second kappa shape index (κ2) is 10.1. The number of amides is 2. The molecule has 0 aromatic heterocycles. The maximum atomic E-state index is 12.9. The van der Waals surface area contributed by atoms with E-state index in [0.717, 1.165) is 12.8 Å². The number of aryl methyl sites for hydroxylation is 1. The minimum absolute atomic E-state index is 0.0365. The van der Waals surface area contributed by atoms with Crippen molar-refractivity contribution in [1.82, 2.24) is 14.9 Å². The zero-order valence-corrected chi connectivity index (χ0v) is 20.4. The van der Waals surface area contributed by atoms with Crippen molar-refractivity contribution < 1.29 is 18.0 Å². The zero-order valence-electron chi connectivity index (χ0n) is 19.6. The van der Waals surface area contributed by atoms with E-state index in [2.05, 4.69) is 10.0 Å². The lowest BCUT2D eigenvalue weighted by Crippen LogP contribution is -2.48. The second-order valence-electron chi connectivity index (χ2n) is 9.42. The van der Waals surface area contributed by atoms with Gasteiger partial charge in [0, 0.05) is 36.2 Å². The van der Waals surface area contributed by atoms with Crippen molar-refractivity contribution in [1.29, 1.82) is 0 Å². The van der Waals surface area contributed by atoms with E-state index in [4.69, 9.17) is 0 Å². The number of benzene rings is 1. The van der Waals surface area contributed by atoms with Crippen LogP contribution in [0.15, 0.2) is 23.1 Å². The van der Waals surface area contributed by atoms with Gasteiger partial charge in [-0.3, -0.25) is 9.59 Å². The molecule has 7 nitrogen and oxygen atoms in total. The van der Waals surface area contributed by atoms with Gasteiger partial charge in [0.15, 0.2) is 0 Å². The third kappa shape index (κ3) is 6.77. The van der Waals surface area contributed by atoms with Gasteiger partial charge in [0.2, 0.25) is 15.9 Å². The number of nitrogens with zero attached hydrogens (tertiary/aromatic N) is 1. The first-order chi connectivity index (χ1) is 14.4. The predicted octanol–water partition coefficient (Wildman–Crippen LogP) is 3.23. The molecule has 1 aliphatic rings. The Bertz CT molecular complexity index is 894. The van der Waals surface area contributed by atoms with Crippen LogP contribution in [0.1, 0.15) is 76.2 Å². The van der Waals surface area contributed by atoms with Gasteiger partial charge in [0.25, 0.3) is 5.91 Å². The maximum absolute atomic E-state index is 12.9. The predicted molar refractivity (Wildman–Crippen MR) is 122 cm³/mol. The number of sulfonamides is 1. The molecular formula is C23H37N3O4S. The van der Waals surface area contributed by atoms with Crippen molar-refractivity contribution in [3.63, 3.8) is 0 Å². The molecule has 0 bridgehead atoms. The summed E-state index contributed by atoms with van der Waals surface area (Å²) in [6.45, 7) is 12.4. The minimum atomic E-state index is -3.73. The fraction of sp³-hybridized carbons (Fsp3) is 0.652. The van der Waals surface area contributed by atoms with Crippen LogP contribution >= 0.6 is 0 Å². The summed E-state index contributed by atoms with van der Waals surface area (Å²) < 4.78 is 27.9. The number of rotatable bonds is 7. The van der Waals surface area contributed by atoms with Gasteiger partial charge in [-0.2, -0.15) is 0 Å². The summed E-state index contributed by atoms with van der Waals surface area (Å²) in [6, 6.07) is 4.57. The number of nitrogens with one attached hydrogen (secondary N) is 2. The molecule has 1 aromatic carbocycles. The highest BCUT2D eigenvalue weighted by Crippen LogP contribution is 2.20. The summed E-state index contributed by atoms with van der Waals surface area (Å²) in [5.74, 6) is -0.00913. The van der Waals surface area contributed by atoms with Crippen LogP contribution in [0.5, 0.6) is 0 Å². The molecule has 1 saturated heterocycles. The molecule has 0 saturated carbocycles. The first kappa shape index (κ1) is 25.3. The molecule has 174 valence electrons. The molecular weight excluding hydrogens is 414 g/mol. The molecule has 2 N–H and O–H groups in total. The summed E-state index contributed by atoms with van der Waals surface area (Å²) in [6.07, 6.45) is 3.07. The van der Waals surface area contributed by atoms with Crippen molar-refractivity contribution in [2.75, 3.05) is 13.1 Å². The van der Waals surface area contributed by atoms with Gasteiger partial charge < -0.3 is 10.2 Å². The van der Waals surface area contributed by atoms with Gasteiger partial charge in [-0.15, -0.1) is 0 Å². The molecule has 2 rings (SSSR count). The molecule has 1 heterocycles. The third-order valence-electron chi connectivity index (χ3n) is 5.68. The zero-order chi connectivity index (χ0) is 23.4. The molecule has 0 atom stereocenters. The Balaban J connectivity index is 2.06. The number of carbonyl (C=O) groups excluding carboxylic acids is 2. The van der Waals surface area contributed by atoms with Gasteiger partial charge in [-0.05, 0) is 71.1 Å². The fourth-order valence-corrected chi connectivity index (χ4v) is 5.32. The van der Waals surface area contributed by atoms with Crippen LogP contribution in [-0.4, -0.2) is 49.8 Å². The fourth-order valence-electron chi connectivity index (χ4n) is 3.88. The number of hydrogen-bond donors (Lipinski definition) is 2. The molecule has 1 aliphatic heterocycles. The highest BCUT2D eigenvalue weighted by atomic mass is 32.2. The Morgan fingerprint density at radius 2 is 1.71 bits per heavy atom. The molecule has 0 radical (unpaired) electrons. The standard InChI is InChI=1S/C23H37N3O4S/c1-7-17(8-2)22(28)26-13-11-18(12-14-26)24-21(27)20-15-19(10-9-16(20)3)31(29,30)25-23(4,5)6/h9-10,15,17-18,25H,7-8,11-14H2,1-6H3,(H,24,27). The van der Waals surface area contributed by atoms with E-state index in [1.165, 1.54) is 12.1 Å². The summed E-state index contributed by atoms with van der Waals surface area (Å²) >= 11 is 0. The van der Waals surface area contributed by atoms with E-state index in [-0.39, 0.29) is 28.7 Å². The van der Waals surface area contributed by atoms with Crippen LogP contribution in [0.2, 0.25) is 0 Å². The summed E-state index contributed by atoms with van der Waals surface area (Å²) in [4.78, 5) is 27.4. The first-order valence-electron chi connectivity index (χ1n) is 11.1. The monoisotopic (exact) mass is 451 g/mol. The lowest BCUT2D eigenvalue weighted by Gasteiger charge is -2.34. The lowest BCUT2D eigenvalue weighted by molar-refractivity contribution is -0.136. The molecule has 0 unspecified atom stereocenters. The molecule has 0 aliphatic carbocycles. The second-order valence-corrected chi connectivity index (χ2v) is 11.1. The molecule has 8 heteroatoms. The summed E-state index contributed by atoms with van der Waals surface area (Å²) in [5.41, 5.74) is 0.451. The van der Waals surface area contributed by atoms with Gasteiger partial charge in [0.05, 0.1) is 4.90 Å². The maximum Gasteiger partial charge on any atom is 0.251 e. The Morgan fingerprint density at radius 3 is 2.23 bits per heavy atom. The summed E-state index contributed by atoms with van der Waals surface area (Å²) in [5, 5.41) is 3.03. The highest BCUT2D eigenvalue weighted by molar-refractivity contribution is 7.89. The third-order valence-corrected chi connectivity index (χ3v) is 7.44. The van der Waals surface area contributed by atoms with Crippen molar-refractivity contribution in [3.05, 3.63) is 29.3 Å². The van der Waals surface area contributed by atoms with Crippen LogP contribution in [0.4, 0.5) is 0 Å². The lowest BCUT2D eigenvalue weighted by atomic mass is 9.98. The van der Waals surface area contributed by atoms with Crippen molar-refractivity contribution >= 4 is 21.8 Å². The smallest absolute Gasteiger partial charge is 0.251 e. The molecule has 2 amide bonds. The number of likely N-dealkylation sites (tertiary alicyclic amines) is 1. The van der Waals surface area contributed by atoms with E-state index in [1.54, 1.807) is 33.8 Å². The van der Waals surface area contributed by atoms with Crippen LogP contribution in [-0.2, 0) is 14.8 Å². The Hall–Kier alpha value is -1.93. The van der Waals surface area contributed by atoms with E-state index in [9.17, 15) is 18.0 Å². The van der Waals surface area contributed by atoms with Gasteiger partial charge in [0.1, 0.15) is 0 Å². The Kier molecular flexibility index (Phi) is 8.27. The van der Waals surface area contributed by atoms with Crippen LogP contribution in [0.3, 0.4) is 0 Å². The van der Waals surface area contributed by atoms with E-state index < -0.39 is 15.6 Å². The van der Waals surface area contributed by atoms with E-state index in [1.807, 2.05) is 18.7 Å². The Labute approximate surface area is 187 Å². The minimum Gasteiger partial charge on any atom is -0.349 e. The quantitative estimate of drug-likeness (QED) is 0.665. The van der Waals surface area contributed by atoms with Gasteiger partial charge in [-0.1, -0.05) is 19.9 Å². The van der Waals surface area contributed by atoms with E-state index >= 15 is 0 Å². The summed E-state index contributed by atoms with van der Waals surface area (Å²) in [7, 11) is -3.73. The Morgan fingerprint density at radius 1 is 1.13 bits per heavy atom. The van der Waals surface area contributed by atoms with Crippen molar-refractivity contribution in [2.24, 2.45) is 5.92 Å². The number of piperidine rings is 1. The normalized spacial score (nSPS) is 15.9. The number of carbonyl (C=O) groups is 2. The molecule has 31 heavy (non-hydrogen) atoms. The molecule has 0 spiro atoms. The highest BCUT2D eigenvalue weighted by Gasteiger charge is 2.28. The topological polar surface area (TPSA) is 95.6 Å². The largest absolute Gasteiger partial charge is 0.349 e. The first-order valence-corrected chi connectivity index (χ1v) is 12.6. The van der Waals surface area contributed by atoms with Crippen molar-refractivity contribution in [2.45, 2.75) is 83.7 Å². The van der Waals surface area contributed by atoms with Crippen LogP contribution < -0.4 is 10.0 Å². The SMILES string of the molecule is CCC(CC)C(=O)N1CCC(NC(=O)c2cc(S(=O)(=O)NC(C)(C)C)ccc2C)CC1. The number of hydrogen-bond acceptors (Lipinski definition) is 4. The molecule has 1 aromatic rings. The van der Waals surface area contributed by atoms with Crippen LogP contribution in [0, 0.1) is 12.8 Å². The average Bonchev–Trinajstić information content (AvgIpc) is 2.67.